The van der Waals surface area contributed by atoms with Crippen LogP contribution in [0.1, 0.15) is 31.4 Å². The normalized spacial score (nSPS) is 22.7. The first-order valence-corrected chi connectivity index (χ1v) is 8.30. The summed E-state index contributed by atoms with van der Waals surface area (Å²) in [6.07, 6.45) is 1.19. The van der Waals surface area contributed by atoms with Crippen molar-refractivity contribution < 1.29 is 14.4 Å². The minimum absolute atomic E-state index is 0.0647. The standard InChI is InChI=1S/C18H20N4O3/c1-11(2)14(9-19)20-15(23)10-22-16(24)18(21-17(22)25)8-7-12-5-3-4-6-13(12)18/h3-6,11,14H,7-8,10H2,1-2H3,(H,20,23)(H,21,25)/t14-,18+/m0/s1. The largest absolute Gasteiger partial charge is 0.339 e. The molecule has 2 N–H and O–H groups in total. The van der Waals surface area contributed by atoms with Crippen LogP contribution in [0, 0.1) is 17.2 Å². The Bertz CT molecular complexity index is 783. The molecule has 2 aliphatic rings. The maximum atomic E-state index is 12.9. The van der Waals surface area contributed by atoms with Crippen LogP contribution in [0.15, 0.2) is 24.3 Å². The van der Waals surface area contributed by atoms with Gasteiger partial charge in [-0.05, 0) is 29.9 Å². The first-order chi connectivity index (χ1) is 11.9. The van der Waals surface area contributed by atoms with Crippen LogP contribution in [0.3, 0.4) is 0 Å². The lowest BCUT2D eigenvalue weighted by Crippen LogP contribution is -2.46. The zero-order valence-corrected chi connectivity index (χ0v) is 14.2. The summed E-state index contributed by atoms with van der Waals surface area (Å²) in [5.74, 6) is -0.993. The SMILES string of the molecule is CC(C)[C@H](C#N)NC(=O)CN1C(=O)N[C@@]2(CCc3ccccc32)C1=O. The number of hydrogen-bond donors (Lipinski definition) is 2. The molecule has 1 aromatic rings. The van der Waals surface area contributed by atoms with Gasteiger partial charge >= 0.3 is 6.03 Å². The fraction of sp³-hybridized carbons (Fsp3) is 0.444. The number of urea groups is 1. The van der Waals surface area contributed by atoms with E-state index >= 15 is 0 Å². The fourth-order valence-electron chi connectivity index (χ4n) is 3.44. The molecule has 130 valence electrons. The summed E-state index contributed by atoms with van der Waals surface area (Å²) >= 11 is 0. The minimum Gasteiger partial charge on any atom is -0.339 e. The van der Waals surface area contributed by atoms with Gasteiger partial charge in [-0.3, -0.25) is 14.5 Å². The van der Waals surface area contributed by atoms with E-state index in [2.05, 4.69) is 10.6 Å². The van der Waals surface area contributed by atoms with Gasteiger partial charge in [0, 0.05) is 0 Å². The number of nitrogens with zero attached hydrogens (tertiary/aromatic N) is 2. The molecule has 0 unspecified atom stereocenters. The van der Waals surface area contributed by atoms with Gasteiger partial charge in [-0.2, -0.15) is 5.26 Å². The van der Waals surface area contributed by atoms with Gasteiger partial charge < -0.3 is 10.6 Å². The predicted molar refractivity (Wildman–Crippen MR) is 89.1 cm³/mol. The molecule has 0 bridgehead atoms. The Hall–Kier alpha value is -2.88. The highest BCUT2D eigenvalue weighted by molar-refractivity contribution is 6.09. The molecule has 7 heteroatoms. The molecule has 7 nitrogen and oxygen atoms in total. The molecule has 1 aromatic carbocycles. The van der Waals surface area contributed by atoms with Crippen LogP contribution in [-0.2, 0) is 21.5 Å². The third-order valence-electron chi connectivity index (χ3n) is 4.85. The molecule has 0 aromatic heterocycles. The van der Waals surface area contributed by atoms with E-state index in [-0.39, 0.29) is 12.5 Å². The van der Waals surface area contributed by atoms with Gasteiger partial charge in [-0.15, -0.1) is 0 Å². The molecule has 1 aliphatic carbocycles. The van der Waals surface area contributed by atoms with Crippen molar-refractivity contribution in [1.82, 2.24) is 15.5 Å². The molecule has 25 heavy (non-hydrogen) atoms. The lowest BCUT2D eigenvalue weighted by Gasteiger charge is -2.22. The zero-order valence-electron chi connectivity index (χ0n) is 14.2. The molecule has 1 fully saturated rings. The van der Waals surface area contributed by atoms with Crippen LogP contribution in [0.25, 0.3) is 0 Å². The summed E-state index contributed by atoms with van der Waals surface area (Å²) in [6.45, 7) is 3.23. The summed E-state index contributed by atoms with van der Waals surface area (Å²) in [4.78, 5) is 38.4. The number of imide groups is 1. The van der Waals surface area contributed by atoms with E-state index < -0.39 is 29.4 Å². The van der Waals surface area contributed by atoms with Crippen LogP contribution in [0.2, 0.25) is 0 Å². The van der Waals surface area contributed by atoms with Crippen molar-refractivity contribution in [3.05, 3.63) is 35.4 Å². The number of nitriles is 1. The summed E-state index contributed by atoms with van der Waals surface area (Å²) in [5.41, 5.74) is 0.765. The highest BCUT2D eigenvalue weighted by Gasteiger charge is 2.55. The number of fused-ring (bicyclic) bond motifs is 2. The fourth-order valence-corrected chi connectivity index (χ4v) is 3.44. The highest BCUT2D eigenvalue weighted by Crippen LogP contribution is 2.41. The quantitative estimate of drug-likeness (QED) is 0.800. The second kappa shape index (κ2) is 6.20. The number of benzene rings is 1. The van der Waals surface area contributed by atoms with Gasteiger partial charge in [0.15, 0.2) is 0 Å². The monoisotopic (exact) mass is 340 g/mol. The first kappa shape index (κ1) is 17.0. The Labute approximate surface area is 146 Å². The Morgan fingerprint density at radius 2 is 2.12 bits per heavy atom. The Morgan fingerprint density at radius 3 is 2.80 bits per heavy atom. The lowest BCUT2D eigenvalue weighted by atomic mass is 9.92. The van der Waals surface area contributed by atoms with Crippen molar-refractivity contribution in [2.24, 2.45) is 5.92 Å². The average molecular weight is 340 g/mol. The molecule has 0 radical (unpaired) electrons. The number of carbonyl (C=O) groups is 3. The maximum Gasteiger partial charge on any atom is 0.325 e. The van der Waals surface area contributed by atoms with E-state index in [1.165, 1.54) is 0 Å². The molecule has 1 aliphatic heterocycles. The minimum atomic E-state index is -1.07. The molecular formula is C18H20N4O3. The summed E-state index contributed by atoms with van der Waals surface area (Å²) in [5, 5.41) is 14.4. The van der Waals surface area contributed by atoms with Crippen molar-refractivity contribution in [3.8, 4) is 6.07 Å². The Kier molecular flexibility index (Phi) is 4.21. The molecule has 2 atom stereocenters. The van der Waals surface area contributed by atoms with Gasteiger partial charge in [-0.25, -0.2) is 4.79 Å². The third kappa shape index (κ3) is 2.74. The molecule has 1 saturated heterocycles. The topological polar surface area (TPSA) is 102 Å². The van der Waals surface area contributed by atoms with E-state index in [0.29, 0.717) is 12.8 Å². The van der Waals surface area contributed by atoms with Crippen LogP contribution in [-0.4, -0.2) is 35.3 Å². The average Bonchev–Trinajstić information content (AvgIpc) is 3.06. The van der Waals surface area contributed by atoms with Crippen molar-refractivity contribution in [2.75, 3.05) is 6.54 Å². The first-order valence-electron chi connectivity index (χ1n) is 8.30. The second-order valence-corrected chi connectivity index (χ2v) is 6.80. The number of carbonyl (C=O) groups excluding carboxylic acids is 3. The van der Waals surface area contributed by atoms with Crippen molar-refractivity contribution in [2.45, 2.75) is 38.3 Å². The highest BCUT2D eigenvalue weighted by atomic mass is 16.2. The number of aryl methyl sites for hydroxylation is 1. The van der Waals surface area contributed by atoms with E-state index in [1.54, 1.807) is 0 Å². The zero-order chi connectivity index (χ0) is 18.2. The number of hydrogen-bond acceptors (Lipinski definition) is 4. The molecule has 4 amide bonds. The van der Waals surface area contributed by atoms with Crippen molar-refractivity contribution in [1.29, 1.82) is 5.26 Å². The van der Waals surface area contributed by atoms with Gasteiger partial charge in [0.25, 0.3) is 5.91 Å². The third-order valence-corrected chi connectivity index (χ3v) is 4.85. The molecule has 3 rings (SSSR count). The van der Waals surface area contributed by atoms with Crippen LogP contribution >= 0.6 is 0 Å². The summed E-state index contributed by atoms with van der Waals surface area (Å²) < 4.78 is 0. The van der Waals surface area contributed by atoms with E-state index in [9.17, 15) is 14.4 Å². The Morgan fingerprint density at radius 1 is 1.40 bits per heavy atom. The summed E-state index contributed by atoms with van der Waals surface area (Å²) in [7, 11) is 0. The Balaban J connectivity index is 1.77. The predicted octanol–water partition coefficient (Wildman–Crippen LogP) is 1.04. The maximum absolute atomic E-state index is 12.9. The lowest BCUT2D eigenvalue weighted by molar-refractivity contribution is -0.135. The van der Waals surface area contributed by atoms with Gasteiger partial charge in [0.05, 0.1) is 6.07 Å². The molecule has 0 saturated carbocycles. The summed E-state index contributed by atoms with van der Waals surface area (Å²) in [6, 6.07) is 8.29. The number of nitrogens with one attached hydrogen (secondary N) is 2. The number of rotatable bonds is 4. The van der Waals surface area contributed by atoms with Crippen molar-refractivity contribution in [3.63, 3.8) is 0 Å². The smallest absolute Gasteiger partial charge is 0.325 e. The van der Waals surface area contributed by atoms with E-state index in [0.717, 1.165) is 16.0 Å². The van der Waals surface area contributed by atoms with Gasteiger partial charge in [0.2, 0.25) is 5.91 Å². The van der Waals surface area contributed by atoms with Crippen LogP contribution < -0.4 is 10.6 Å². The van der Waals surface area contributed by atoms with Crippen LogP contribution in [0.5, 0.6) is 0 Å². The van der Waals surface area contributed by atoms with Crippen molar-refractivity contribution >= 4 is 17.8 Å². The van der Waals surface area contributed by atoms with Gasteiger partial charge in [-0.1, -0.05) is 38.1 Å². The molecule has 1 heterocycles. The van der Waals surface area contributed by atoms with E-state index in [4.69, 9.17) is 5.26 Å². The number of amides is 4. The van der Waals surface area contributed by atoms with Crippen LogP contribution in [0.4, 0.5) is 4.79 Å². The van der Waals surface area contributed by atoms with Gasteiger partial charge in [0.1, 0.15) is 18.1 Å². The second-order valence-electron chi connectivity index (χ2n) is 6.80. The van der Waals surface area contributed by atoms with E-state index in [1.807, 2.05) is 44.2 Å². The molecule has 1 spiro atoms. The molecular weight excluding hydrogens is 320 g/mol.